The quantitative estimate of drug-likeness (QED) is 0.894. The number of aliphatic hydroxyl groups is 1. The van der Waals surface area contributed by atoms with Gasteiger partial charge < -0.3 is 19.0 Å². The van der Waals surface area contributed by atoms with Crippen LogP contribution in [0.4, 0.5) is 0 Å². The van der Waals surface area contributed by atoms with E-state index in [0.717, 1.165) is 51.1 Å². The van der Waals surface area contributed by atoms with Crippen LogP contribution in [0, 0.1) is 12.8 Å². The third kappa shape index (κ3) is 2.57. The largest absolute Gasteiger partial charge is 0.466 e. The Morgan fingerprint density at radius 1 is 1.32 bits per heavy atom. The molecule has 1 spiro atoms. The van der Waals surface area contributed by atoms with Gasteiger partial charge in [-0.15, -0.1) is 0 Å². The minimum absolute atomic E-state index is 0.0807. The fraction of sp³-hybridized carbons (Fsp3) is 0.733. The zero-order valence-electron chi connectivity index (χ0n) is 11.4. The van der Waals surface area contributed by atoms with Gasteiger partial charge in [0, 0.05) is 19.8 Å². The number of hydrogen-bond donors (Lipinski definition) is 1. The monoisotopic (exact) mass is 266 g/mol. The van der Waals surface area contributed by atoms with E-state index in [4.69, 9.17) is 13.9 Å². The molecule has 1 aromatic heterocycles. The van der Waals surface area contributed by atoms with Gasteiger partial charge in [-0.05, 0) is 50.2 Å². The zero-order valence-corrected chi connectivity index (χ0v) is 11.4. The predicted octanol–water partition coefficient (Wildman–Crippen LogP) is 2.60. The van der Waals surface area contributed by atoms with Crippen molar-refractivity contribution >= 4 is 0 Å². The molecule has 19 heavy (non-hydrogen) atoms. The van der Waals surface area contributed by atoms with Crippen LogP contribution < -0.4 is 0 Å². The highest BCUT2D eigenvalue weighted by Crippen LogP contribution is 2.42. The third-order valence-corrected chi connectivity index (χ3v) is 4.55. The van der Waals surface area contributed by atoms with E-state index in [0.29, 0.717) is 5.76 Å². The summed E-state index contributed by atoms with van der Waals surface area (Å²) in [6, 6.07) is 1.90. The van der Waals surface area contributed by atoms with Crippen molar-refractivity contribution in [3.05, 3.63) is 23.7 Å². The van der Waals surface area contributed by atoms with E-state index in [1.807, 2.05) is 13.0 Å². The summed E-state index contributed by atoms with van der Waals surface area (Å²) in [4.78, 5) is 0. The maximum atomic E-state index is 10.5. The summed E-state index contributed by atoms with van der Waals surface area (Å²) >= 11 is 0. The zero-order chi connectivity index (χ0) is 13.3. The van der Waals surface area contributed by atoms with Crippen molar-refractivity contribution in [1.82, 2.24) is 0 Å². The maximum absolute atomic E-state index is 10.5. The van der Waals surface area contributed by atoms with Crippen LogP contribution in [0.5, 0.6) is 0 Å². The predicted molar refractivity (Wildman–Crippen MR) is 69.9 cm³/mol. The van der Waals surface area contributed by atoms with Crippen LogP contribution in [-0.4, -0.2) is 30.5 Å². The van der Waals surface area contributed by atoms with Crippen LogP contribution in [0.15, 0.2) is 16.7 Å². The molecule has 2 unspecified atom stereocenters. The summed E-state index contributed by atoms with van der Waals surface area (Å²) in [6.45, 7) is 4.23. The highest BCUT2D eigenvalue weighted by Gasteiger charge is 2.42. The fourth-order valence-corrected chi connectivity index (χ4v) is 3.33. The van der Waals surface area contributed by atoms with E-state index in [1.54, 1.807) is 6.26 Å². The number of aliphatic hydroxyl groups excluding tert-OH is 1. The Morgan fingerprint density at radius 2 is 2.11 bits per heavy atom. The first-order chi connectivity index (χ1) is 9.20. The second kappa shape index (κ2) is 5.27. The van der Waals surface area contributed by atoms with Crippen molar-refractivity contribution in [2.24, 2.45) is 5.92 Å². The van der Waals surface area contributed by atoms with E-state index in [-0.39, 0.29) is 11.5 Å². The summed E-state index contributed by atoms with van der Waals surface area (Å²) in [6.07, 6.45) is 4.80. The van der Waals surface area contributed by atoms with Crippen molar-refractivity contribution in [1.29, 1.82) is 0 Å². The van der Waals surface area contributed by atoms with E-state index in [1.165, 1.54) is 0 Å². The van der Waals surface area contributed by atoms with Gasteiger partial charge in [0.1, 0.15) is 11.9 Å². The number of furan rings is 1. The van der Waals surface area contributed by atoms with Crippen LogP contribution in [0.25, 0.3) is 0 Å². The molecule has 1 N–H and O–H groups in total. The summed E-state index contributed by atoms with van der Waals surface area (Å²) in [7, 11) is 0. The molecule has 2 aliphatic rings. The first-order valence-corrected chi connectivity index (χ1v) is 7.14. The molecule has 106 valence electrons. The van der Waals surface area contributed by atoms with Crippen LogP contribution >= 0.6 is 0 Å². The standard InChI is InChI=1S/C15H22O4/c1-11-2-6-18-14(11)13(16)12-3-7-19-15(10-12)4-8-17-9-5-15/h2,6,12-13,16H,3-5,7-10H2,1H3. The van der Waals surface area contributed by atoms with Crippen molar-refractivity contribution < 1.29 is 19.0 Å². The molecule has 0 aromatic carbocycles. The molecule has 2 atom stereocenters. The molecule has 0 amide bonds. The lowest BCUT2D eigenvalue weighted by Gasteiger charge is -2.44. The Kier molecular flexibility index (Phi) is 3.65. The second-order valence-electron chi connectivity index (χ2n) is 5.81. The van der Waals surface area contributed by atoms with Crippen LogP contribution in [-0.2, 0) is 9.47 Å². The maximum Gasteiger partial charge on any atom is 0.135 e. The third-order valence-electron chi connectivity index (χ3n) is 4.55. The van der Waals surface area contributed by atoms with E-state index >= 15 is 0 Å². The van der Waals surface area contributed by atoms with Crippen LogP contribution in [0.3, 0.4) is 0 Å². The average molecular weight is 266 g/mol. The molecule has 4 heteroatoms. The minimum Gasteiger partial charge on any atom is -0.466 e. The molecular weight excluding hydrogens is 244 g/mol. The average Bonchev–Trinajstić information content (AvgIpc) is 2.85. The summed E-state index contributed by atoms with van der Waals surface area (Å²) < 4.78 is 16.9. The van der Waals surface area contributed by atoms with Gasteiger partial charge >= 0.3 is 0 Å². The van der Waals surface area contributed by atoms with Crippen molar-refractivity contribution in [2.45, 2.75) is 44.3 Å². The number of rotatable bonds is 2. The lowest BCUT2D eigenvalue weighted by atomic mass is 9.78. The Bertz CT molecular complexity index is 414. The Hall–Kier alpha value is -0.840. The SMILES string of the molecule is Cc1ccoc1C(O)C1CCOC2(CCOCC2)C1. The molecule has 0 saturated carbocycles. The Labute approximate surface area is 113 Å². The van der Waals surface area contributed by atoms with Gasteiger partial charge in [0.25, 0.3) is 0 Å². The molecule has 2 saturated heterocycles. The molecular formula is C15H22O4. The molecule has 1 aromatic rings. The summed E-state index contributed by atoms with van der Waals surface area (Å²) in [5.74, 6) is 0.936. The van der Waals surface area contributed by atoms with E-state index in [2.05, 4.69) is 0 Å². The molecule has 0 bridgehead atoms. The molecule has 3 heterocycles. The summed E-state index contributed by atoms with van der Waals surface area (Å²) in [5, 5.41) is 10.5. The normalized spacial score (nSPS) is 28.4. The van der Waals surface area contributed by atoms with Crippen molar-refractivity contribution in [3.63, 3.8) is 0 Å². The molecule has 0 aliphatic carbocycles. The number of hydrogen-bond acceptors (Lipinski definition) is 4. The van der Waals surface area contributed by atoms with Crippen LogP contribution in [0.1, 0.15) is 43.1 Å². The lowest BCUT2D eigenvalue weighted by Crippen LogP contribution is -2.45. The van der Waals surface area contributed by atoms with Crippen molar-refractivity contribution in [2.75, 3.05) is 19.8 Å². The van der Waals surface area contributed by atoms with Gasteiger partial charge in [-0.3, -0.25) is 0 Å². The highest BCUT2D eigenvalue weighted by molar-refractivity contribution is 5.17. The molecule has 3 rings (SSSR count). The first kappa shape index (κ1) is 13.2. The number of aryl methyl sites for hydroxylation is 1. The Morgan fingerprint density at radius 3 is 2.79 bits per heavy atom. The van der Waals surface area contributed by atoms with Crippen molar-refractivity contribution in [3.8, 4) is 0 Å². The minimum atomic E-state index is -0.515. The smallest absolute Gasteiger partial charge is 0.135 e. The Balaban J connectivity index is 1.72. The summed E-state index contributed by atoms with van der Waals surface area (Å²) in [5.41, 5.74) is 0.947. The molecule has 0 radical (unpaired) electrons. The number of ether oxygens (including phenoxy) is 2. The fourth-order valence-electron chi connectivity index (χ4n) is 3.33. The van der Waals surface area contributed by atoms with Gasteiger partial charge in [0.2, 0.25) is 0 Å². The second-order valence-corrected chi connectivity index (χ2v) is 5.81. The molecule has 2 aliphatic heterocycles. The topological polar surface area (TPSA) is 51.8 Å². The lowest BCUT2D eigenvalue weighted by molar-refractivity contribution is -0.160. The van der Waals surface area contributed by atoms with Crippen LogP contribution in [0.2, 0.25) is 0 Å². The van der Waals surface area contributed by atoms with Gasteiger partial charge in [0.05, 0.1) is 11.9 Å². The molecule has 2 fully saturated rings. The first-order valence-electron chi connectivity index (χ1n) is 7.14. The van der Waals surface area contributed by atoms with E-state index in [9.17, 15) is 5.11 Å². The van der Waals surface area contributed by atoms with Gasteiger partial charge in [-0.25, -0.2) is 0 Å². The van der Waals surface area contributed by atoms with Gasteiger partial charge in [-0.1, -0.05) is 0 Å². The highest BCUT2D eigenvalue weighted by atomic mass is 16.5. The van der Waals surface area contributed by atoms with Gasteiger partial charge in [-0.2, -0.15) is 0 Å². The molecule has 4 nitrogen and oxygen atoms in total. The van der Waals surface area contributed by atoms with E-state index < -0.39 is 6.10 Å². The van der Waals surface area contributed by atoms with Gasteiger partial charge in [0.15, 0.2) is 0 Å².